The molecule has 0 unspecified atom stereocenters. The van der Waals surface area contributed by atoms with Crippen LogP contribution in [0.4, 0.5) is 0 Å². The minimum Gasteiger partial charge on any atom is -0.476 e. The number of ether oxygens (including phenoxy) is 2. The highest BCUT2D eigenvalue weighted by Gasteiger charge is 2.22. The number of hydrogen-bond donors (Lipinski definition) is 1. The molecule has 6 rings (SSSR count). The molecule has 4 aliphatic heterocycles. The van der Waals surface area contributed by atoms with Crippen LogP contribution in [0.5, 0.6) is 11.5 Å². The van der Waals surface area contributed by atoms with Crippen LogP contribution in [0.3, 0.4) is 0 Å². The molecule has 0 aromatic heterocycles. The topological polar surface area (TPSA) is 55.8 Å². The number of rotatable bonds is 1. The first kappa shape index (κ1) is 11.6. The van der Waals surface area contributed by atoms with E-state index in [-0.39, 0.29) is 0 Å². The lowest BCUT2D eigenvalue weighted by atomic mass is 10.0. The molecule has 4 heteroatoms. The molecule has 2 aromatic carbocycles. The van der Waals surface area contributed by atoms with Crippen LogP contribution in [0.15, 0.2) is 48.5 Å². The van der Waals surface area contributed by atoms with Gasteiger partial charge in [0.1, 0.15) is 11.5 Å². The first-order valence-electron chi connectivity index (χ1n) is 5.95. The maximum Gasteiger partial charge on any atom is 0.387 e. The second-order valence-electron chi connectivity index (χ2n) is 4.37. The third-order valence-corrected chi connectivity index (χ3v) is 2.94. The number of carboxylic acids is 1. The second-order valence-corrected chi connectivity index (χ2v) is 4.37. The zero-order valence-corrected chi connectivity index (χ0v) is 10.1. The molecule has 4 bridgehead atoms. The number of aliphatic carboxylic acids is 1. The van der Waals surface area contributed by atoms with Gasteiger partial charge in [-0.15, -0.1) is 0 Å². The molecule has 1 N–H and O–H groups in total. The van der Waals surface area contributed by atoms with Crippen LogP contribution in [0, 0.1) is 0 Å². The Morgan fingerprint density at radius 2 is 1.32 bits per heavy atom. The summed E-state index contributed by atoms with van der Waals surface area (Å²) in [6.45, 7) is 0. The molecule has 2 aromatic rings. The summed E-state index contributed by atoms with van der Waals surface area (Å²) in [4.78, 5) is 11.1. The highest BCUT2D eigenvalue weighted by molar-refractivity contribution is 5.71. The molecule has 0 spiro atoms. The van der Waals surface area contributed by atoms with E-state index in [1.165, 1.54) is 0 Å². The molecule has 96 valence electrons. The summed E-state index contributed by atoms with van der Waals surface area (Å²) in [5.41, 5.74) is 2.29. The quantitative estimate of drug-likeness (QED) is 0.851. The van der Waals surface area contributed by atoms with Gasteiger partial charge in [0, 0.05) is 0 Å². The molecule has 0 saturated carbocycles. The van der Waals surface area contributed by atoms with Crippen molar-refractivity contribution in [3.05, 3.63) is 59.7 Å². The van der Waals surface area contributed by atoms with Gasteiger partial charge >= 0.3 is 12.3 Å². The van der Waals surface area contributed by atoms with E-state index in [0.29, 0.717) is 11.5 Å². The first-order chi connectivity index (χ1) is 9.20. The lowest BCUT2D eigenvalue weighted by Crippen LogP contribution is -2.33. The molecule has 19 heavy (non-hydrogen) atoms. The predicted octanol–water partition coefficient (Wildman–Crippen LogP) is 2.46. The molecule has 0 amide bonds. The Labute approximate surface area is 110 Å². The summed E-state index contributed by atoms with van der Waals surface area (Å²) in [5, 5.41) is 9.11. The minimum atomic E-state index is -1.35. The average Bonchev–Trinajstić information content (AvgIpc) is 2.39. The van der Waals surface area contributed by atoms with E-state index in [1.54, 1.807) is 24.3 Å². The molecule has 4 nitrogen and oxygen atoms in total. The zero-order valence-electron chi connectivity index (χ0n) is 10.1. The fraction of sp³-hybridized carbons (Fsp3) is 0.133. The van der Waals surface area contributed by atoms with Crippen molar-refractivity contribution in [3.8, 4) is 11.5 Å². The summed E-state index contributed by atoms with van der Waals surface area (Å²) in [6, 6.07) is 14.7. The molecular weight excluding hydrogens is 244 g/mol. The van der Waals surface area contributed by atoms with Gasteiger partial charge in [-0.2, -0.15) is 0 Å². The SMILES string of the molecule is O=C(O)C1Oc2ccc(cc2)Cc2ccc(cc2)O1. The van der Waals surface area contributed by atoms with Crippen LogP contribution in [-0.4, -0.2) is 17.4 Å². The van der Waals surface area contributed by atoms with E-state index in [0.717, 1.165) is 17.5 Å². The molecule has 4 heterocycles. The van der Waals surface area contributed by atoms with Crippen molar-refractivity contribution in [1.29, 1.82) is 0 Å². The number of carboxylic acid groups (broad SMARTS) is 1. The van der Waals surface area contributed by atoms with Gasteiger partial charge in [0.2, 0.25) is 0 Å². The van der Waals surface area contributed by atoms with Crippen LogP contribution in [0.25, 0.3) is 0 Å². The second kappa shape index (κ2) is 4.65. The summed E-state index contributed by atoms with van der Waals surface area (Å²) >= 11 is 0. The van der Waals surface area contributed by atoms with Gasteiger partial charge < -0.3 is 14.6 Å². The van der Waals surface area contributed by atoms with E-state index < -0.39 is 12.3 Å². The number of hydrogen-bond acceptors (Lipinski definition) is 3. The molecule has 0 radical (unpaired) electrons. The van der Waals surface area contributed by atoms with E-state index in [9.17, 15) is 4.79 Å². The zero-order chi connectivity index (χ0) is 13.2. The molecule has 0 fully saturated rings. The lowest BCUT2D eigenvalue weighted by Gasteiger charge is -2.18. The molecule has 4 aliphatic rings. The Morgan fingerprint density at radius 3 is 1.68 bits per heavy atom. The lowest BCUT2D eigenvalue weighted by molar-refractivity contribution is -0.158. The predicted molar refractivity (Wildman–Crippen MR) is 68.4 cm³/mol. The molecular formula is C15H12O4. The Kier molecular flexibility index (Phi) is 2.83. The van der Waals surface area contributed by atoms with Crippen molar-refractivity contribution in [1.82, 2.24) is 0 Å². The Morgan fingerprint density at radius 1 is 0.895 bits per heavy atom. The molecule has 0 aliphatic carbocycles. The summed E-state index contributed by atoms with van der Waals surface area (Å²) in [7, 11) is 0. The third-order valence-electron chi connectivity index (χ3n) is 2.94. The third kappa shape index (κ3) is 2.52. The Balaban J connectivity index is 2.04. The number of carbonyl (C=O) groups is 1. The van der Waals surface area contributed by atoms with E-state index in [4.69, 9.17) is 14.6 Å². The largest absolute Gasteiger partial charge is 0.476 e. The normalized spacial score (nSPS) is 14.1. The highest BCUT2D eigenvalue weighted by atomic mass is 16.7. The Hall–Kier alpha value is -2.49. The van der Waals surface area contributed by atoms with Gasteiger partial charge in [-0.25, -0.2) is 4.79 Å². The van der Waals surface area contributed by atoms with Gasteiger partial charge in [-0.05, 0) is 41.8 Å². The maximum absolute atomic E-state index is 11.1. The smallest absolute Gasteiger partial charge is 0.387 e. The van der Waals surface area contributed by atoms with Crippen LogP contribution in [-0.2, 0) is 11.2 Å². The van der Waals surface area contributed by atoms with Crippen molar-refractivity contribution >= 4 is 5.97 Å². The highest BCUT2D eigenvalue weighted by Crippen LogP contribution is 2.22. The van der Waals surface area contributed by atoms with Crippen molar-refractivity contribution in [2.75, 3.05) is 0 Å². The van der Waals surface area contributed by atoms with Gasteiger partial charge in [0.25, 0.3) is 0 Å². The van der Waals surface area contributed by atoms with E-state index in [2.05, 4.69) is 0 Å². The van der Waals surface area contributed by atoms with E-state index in [1.807, 2.05) is 24.3 Å². The summed E-state index contributed by atoms with van der Waals surface area (Å²) < 4.78 is 10.7. The fourth-order valence-corrected chi connectivity index (χ4v) is 1.98. The standard InChI is InChI=1S/C15H12O4/c16-14(17)15-18-12-5-1-10(2-6-12)9-11-3-7-13(19-15)8-4-11/h1-8,15H,9H2,(H,16,17). The first-order valence-corrected chi connectivity index (χ1v) is 5.95. The fourth-order valence-electron chi connectivity index (χ4n) is 1.98. The number of benzene rings is 2. The van der Waals surface area contributed by atoms with Gasteiger partial charge in [0.15, 0.2) is 0 Å². The van der Waals surface area contributed by atoms with Crippen LogP contribution >= 0.6 is 0 Å². The van der Waals surface area contributed by atoms with Crippen LogP contribution < -0.4 is 9.47 Å². The molecule has 0 saturated heterocycles. The van der Waals surface area contributed by atoms with Crippen LogP contribution in [0.2, 0.25) is 0 Å². The van der Waals surface area contributed by atoms with Crippen LogP contribution in [0.1, 0.15) is 11.1 Å². The van der Waals surface area contributed by atoms with Crippen molar-refractivity contribution in [3.63, 3.8) is 0 Å². The summed E-state index contributed by atoms with van der Waals surface area (Å²) in [5.74, 6) is -0.206. The Bertz CT molecular complexity index is 539. The summed E-state index contributed by atoms with van der Waals surface area (Å²) in [6.07, 6.45) is -0.528. The maximum atomic E-state index is 11.1. The monoisotopic (exact) mass is 256 g/mol. The van der Waals surface area contributed by atoms with Crippen molar-refractivity contribution < 1.29 is 19.4 Å². The van der Waals surface area contributed by atoms with Gasteiger partial charge in [0.05, 0.1) is 0 Å². The van der Waals surface area contributed by atoms with E-state index >= 15 is 0 Å². The molecule has 0 atom stereocenters. The van der Waals surface area contributed by atoms with Crippen molar-refractivity contribution in [2.45, 2.75) is 12.7 Å². The van der Waals surface area contributed by atoms with Gasteiger partial charge in [-0.3, -0.25) is 0 Å². The minimum absolute atomic E-state index is 0.478. The van der Waals surface area contributed by atoms with Crippen molar-refractivity contribution in [2.24, 2.45) is 0 Å². The average molecular weight is 256 g/mol. The van der Waals surface area contributed by atoms with Gasteiger partial charge in [-0.1, -0.05) is 24.3 Å².